The van der Waals surface area contributed by atoms with Crippen LogP contribution < -0.4 is 11.1 Å². The summed E-state index contributed by atoms with van der Waals surface area (Å²) in [4.78, 5) is 27.9. The van der Waals surface area contributed by atoms with Crippen LogP contribution in [0, 0.1) is 17.1 Å². The highest BCUT2D eigenvalue weighted by Crippen LogP contribution is 2.29. The Balaban J connectivity index is 1.60. The van der Waals surface area contributed by atoms with Gasteiger partial charge in [-0.05, 0) is 79.1 Å². The highest BCUT2D eigenvalue weighted by atomic mass is 35.5. The molecule has 0 radical (unpaired) electrons. The molecule has 1 saturated carbocycles. The van der Waals surface area contributed by atoms with Crippen LogP contribution in [0.4, 0.5) is 10.1 Å². The van der Waals surface area contributed by atoms with E-state index in [2.05, 4.69) is 5.32 Å². The largest absolute Gasteiger partial charge is 0.330 e. The minimum atomic E-state index is -0.487. The molecule has 3 N–H and O–H groups in total. The lowest BCUT2D eigenvalue weighted by atomic mass is 9.89. The lowest BCUT2D eigenvalue weighted by Gasteiger charge is -2.38. The van der Waals surface area contributed by atoms with Gasteiger partial charge >= 0.3 is 0 Å². The fourth-order valence-corrected chi connectivity index (χ4v) is 4.69. The summed E-state index contributed by atoms with van der Waals surface area (Å²) < 4.78 is 13.9. The molecular formula is C28H26ClFN4O2. The molecule has 4 rings (SSSR count). The zero-order chi connectivity index (χ0) is 25.7. The quantitative estimate of drug-likeness (QED) is 0.462. The predicted molar refractivity (Wildman–Crippen MR) is 137 cm³/mol. The van der Waals surface area contributed by atoms with Gasteiger partial charge in [0, 0.05) is 40.5 Å². The standard InChI is InChI=1S/C28H26ClFN4O2/c29-24-13-12-23(33-27(35)19-10-8-18(16-31)9-11-19)15-21(24)17-34(26-7-2-1-6-25(26)32)28(36)20-4-3-5-22(30)14-20/h3-5,8-15,25-26H,1-2,6-7,17,32H2,(H,33,35). The van der Waals surface area contributed by atoms with Gasteiger partial charge in [-0.15, -0.1) is 0 Å². The molecular weight excluding hydrogens is 479 g/mol. The molecule has 6 nitrogen and oxygen atoms in total. The molecule has 2 amide bonds. The minimum Gasteiger partial charge on any atom is -0.330 e. The van der Waals surface area contributed by atoms with Crippen molar-refractivity contribution >= 4 is 29.1 Å². The van der Waals surface area contributed by atoms with Gasteiger partial charge in [0.2, 0.25) is 0 Å². The van der Waals surface area contributed by atoms with E-state index >= 15 is 0 Å². The summed E-state index contributed by atoms with van der Waals surface area (Å²) in [5.41, 5.74) is 8.68. The molecule has 1 fully saturated rings. The number of nitrogens with two attached hydrogens (primary N) is 1. The Bertz CT molecular complexity index is 1310. The lowest BCUT2D eigenvalue weighted by molar-refractivity contribution is 0.0583. The van der Waals surface area contributed by atoms with Crippen molar-refractivity contribution in [1.29, 1.82) is 5.26 Å². The fourth-order valence-electron chi connectivity index (χ4n) is 4.51. The van der Waals surface area contributed by atoms with Crippen molar-refractivity contribution in [2.75, 3.05) is 5.32 Å². The molecule has 1 aliphatic rings. The lowest BCUT2D eigenvalue weighted by Crippen LogP contribution is -2.51. The molecule has 0 bridgehead atoms. The molecule has 184 valence electrons. The summed E-state index contributed by atoms with van der Waals surface area (Å²) >= 11 is 6.51. The fraction of sp³-hybridized carbons (Fsp3) is 0.250. The van der Waals surface area contributed by atoms with Crippen LogP contribution in [-0.2, 0) is 6.54 Å². The average molecular weight is 505 g/mol. The number of carbonyl (C=O) groups is 2. The van der Waals surface area contributed by atoms with E-state index in [1.807, 2.05) is 6.07 Å². The third-order valence-electron chi connectivity index (χ3n) is 6.43. The molecule has 2 atom stereocenters. The van der Waals surface area contributed by atoms with E-state index in [1.54, 1.807) is 53.4 Å². The van der Waals surface area contributed by atoms with Crippen molar-refractivity contribution in [3.8, 4) is 6.07 Å². The van der Waals surface area contributed by atoms with Crippen LogP contribution in [-0.4, -0.2) is 28.8 Å². The number of amides is 2. The molecule has 0 heterocycles. The van der Waals surface area contributed by atoms with Crippen LogP contribution in [0.5, 0.6) is 0 Å². The second-order valence-electron chi connectivity index (χ2n) is 8.91. The Labute approximate surface area is 214 Å². The number of nitriles is 1. The van der Waals surface area contributed by atoms with Gasteiger partial charge in [-0.25, -0.2) is 4.39 Å². The summed E-state index contributed by atoms with van der Waals surface area (Å²) in [5, 5.41) is 12.2. The number of rotatable bonds is 6. The Morgan fingerprint density at radius 2 is 1.81 bits per heavy atom. The highest BCUT2D eigenvalue weighted by Gasteiger charge is 2.32. The molecule has 0 saturated heterocycles. The SMILES string of the molecule is N#Cc1ccc(C(=O)Nc2ccc(Cl)c(CN(C(=O)c3cccc(F)c3)C3CCCCC3N)c2)cc1. The third-order valence-corrected chi connectivity index (χ3v) is 6.80. The van der Waals surface area contributed by atoms with Crippen molar-refractivity contribution in [3.63, 3.8) is 0 Å². The van der Waals surface area contributed by atoms with E-state index in [0.29, 0.717) is 27.4 Å². The number of anilines is 1. The molecule has 0 spiro atoms. The summed E-state index contributed by atoms with van der Waals surface area (Å²) in [6, 6.07) is 18.6. The number of benzene rings is 3. The van der Waals surface area contributed by atoms with Crippen molar-refractivity contribution in [2.45, 2.75) is 44.3 Å². The van der Waals surface area contributed by atoms with Gasteiger partial charge in [0.05, 0.1) is 11.6 Å². The average Bonchev–Trinajstić information content (AvgIpc) is 2.89. The van der Waals surface area contributed by atoms with E-state index < -0.39 is 5.82 Å². The topological polar surface area (TPSA) is 99.2 Å². The summed E-state index contributed by atoms with van der Waals surface area (Å²) in [6.45, 7) is 0.160. The Hall–Kier alpha value is -3.73. The molecule has 0 aliphatic heterocycles. The molecule has 3 aromatic carbocycles. The smallest absolute Gasteiger partial charge is 0.255 e. The van der Waals surface area contributed by atoms with Crippen LogP contribution >= 0.6 is 11.6 Å². The maximum Gasteiger partial charge on any atom is 0.255 e. The van der Waals surface area contributed by atoms with Crippen molar-refractivity contribution in [3.05, 3.63) is 99.8 Å². The van der Waals surface area contributed by atoms with Gasteiger partial charge in [-0.1, -0.05) is 30.5 Å². The maximum atomic E-state index is 13.9. The van der Waals surface area contributed by atoms with Crippen LogP contribution in [0.25, 0.3) is 0 Å². The van der Waals surface area contributed by atoms with Crippen LogP contribution in [0.1, 0.15) is 57.5 Å². The number of carbonyl (C=O) groups excluding carboxylic acids is 2. The van der Waals surface area contributed by atoms with Crippen molar-refractivity contribution in [2.24, 2.45) is 5.73 Å². The van der Waals surface area contributed by atoms with Gasteiger partial charge < -0.3 is 16.0 Å². The first-order valence-electron chi connectivity index (χ1n) is 11.8. The molecule has 8 heteroatoms. The molecule has 3 aromatic rings. The van der Waals surface area contributed by atoms with E-state index in [1.165, 1.54) is 18.2 Å². The Kier molecular flexibility index (Phi) is 7.99. The predicted octanol–water partition coefficient (Wildman–Crippen LogP) is 5.52. The maximum absolute atomic E-state index is 13.9. The monoisotopic (exact) mass is 504 g/mol. The van der Waals surface area contributed by atoms with Crippen molar-refractivity contribution < 1.29 is 14.0 Å². The Morgan fingerprint density at radius 1 is 1.06 bits per heavy atom. The van der Waals surface area contributed by atoms with Crippen LogP contribution in [0.15, 0.2) is 66.7 Å². The summed E-state index contributed by atoms with van der Waals surface area (Å²) in [5.74, 6) is -1.14. The zero-order valence-electron chi connectivity index (χ0n) is 19.6. The number of nitrogens with zero attached hydrogens (tertiary/aromatic N) is 2. The van der Waals surface area contributed by atoms with Crippen LogP contribution in [0.3, 0.4) is 0 Å². The highest BCUT2D eigenvalue weighted by molar-refractivity contribution is 6.31. The van der Waals surface area contributed by atoms with Gasteiger partial charge in [0.15, 0.2) is 0 Å². The first kappa shape index (κ1) is 25.4. The van der Waals surface area contributed by atoms with E-state index in [4.69, 9.17) is 22.6 Å². The van der Waals surface area contributed by atoms with E-state index in [-0.39, 0.29) is 36.0 Å². The summed E-state index contributed by atoms with van der Waals surface area (Å²) in [7, 11) is 0. The van der Waals surface area contributed by atoms with Crippen LogP contribution in [0.2, 0.25) is 5.02 Å². The number of hydrogen-bond donors (Lipinski definition) is 2. The Morgan fingerprint density at radius 3 is 2.50 bits per heavy atom. The first-order valence-corrected chi connectivity index (χ1v) is 12.2. The zero-order valence-corrected chi connectivity index (χ0v) is 20.3. The third kappa shape index (κ3) is 5.91. The van der Waals surface area contributed by atoms with Crippen molar-refractivity contribution in [1.82, 2.24) is 4.90 Å². The molecule has 36 heavy (non-hydrogen) atoms. The van der Waals surface area contributed by atoms with E-state index in [0.717, 1.165) is 25.7 Å². The van der Waals surface area contributed by atoms with Gasteiger partial charge in [-0.2, -0.15) is 5.26 Å². The summed E-state index contributed by atoms with van der Waals surface area (Å²) in [6.07, 6.45) is 3.48. The number of nitrogens with one attached hydrogen (secondary N) is 1. The number of halogens is 2. The second kappa shape index (κ2) is 11.3. The second-order valence-corrected chi connectivity index (χ2v) is 9.32. The minimum absolute atomic E-state index is 0.160. The van der Waals surface area contributed by atoms with E-state index in [9.17, 15) is 14.0 Å². The van der Waals surface area contributed by atoms with Gasteiger partial charge in [-0.3, -0.25) is 9.59 Å². The van der Waals surface area contributed by atoms with Gasteiger partial charge in [0.1, 0.15) is 5.82 Å². The molecule has 0 aromatic heterocycles. The van der Waals surface area contributed by atoms with Gasteiger partial charge in [0.25, 0.3) is 11.8 Å². The molecule has 1 aliphatic carbocycles. The normalized spacial score (nSPS) is 17.2. The first-order chi connectivity index (χ1) is 17.4. The molecule has 2 unspecified atom stereocenters. The number of hydrogen-bond acceptors (Lipinski definition) is 4.